The van der Waals surface area contributed by atoms with Crippen molar-refractivity contribution in [2.24, 2.45) is 0 Å². The minimum absolute atomic E-state index is 0.0696. The Morgan fingerprint density at radius 1 is 1.32 bits per heavy atom. The number of amides is 2. The molecule has 1 aliphatic rings. The second-order valence-corrected chi connectivity index (χ2v) is 8.55. The largest absolute Gasteiger partial charge is 0.444 e. The Hall–Kier alpha value is -2.96. The molecule has 2 unspecified atom stereocenters. The molecule has 1 aromatic carbocycles. The zero-order valence-electron chi connectivity index (χ0n) is 18.2. The topological polar surface area (TPSA) is 85.7 Å². The van der Waals surface area contributed by atoms with Crippen LogP contribution in [0.2, 0.25) is 0 Å². The fraction of sp³-hybridized carbons (Fsp3) is 0.571. The molecule has 2 rings (SSSR count). The summed E-state index contributed by atoms with van der Waals surface area (Å²) in [6.45, 7) is 7.58. The SMILES string of the molecule is CC(C(=O)NC1CCN(c2ccc(C(F)(F)F)cc2C#N)C1)N(C)C(=O)OC(C)(C)C. The van der Waals surface area contributed by atoms with E-state index in [4.69, 9.17) is 4.74 Å². The van der Waals surface area contributed by atoms with Crippen molar-refractivity contribution in [3.8, 4) is 6.07 Å². The average molecular weight is 440 g/mol. The first-order chi connectivity index (χ1) is 14.2. The third kappa shape index (κ3) is 6.26. The number of nitrogens with one attached hydrogen (secondary N) is 1. The molecule has 0 aromatic heterocycles. The number of carbonyl (C=O) groups is 2. The van der Waals surface area contributed by atoms with Crippen LogP contribution in [-0.2, 0) is 15.7 Å². The summed E-state index contributed by atoms with van der Waals surface area (Å²) in [5.74, 6) is -0.367. The van der Waals surface area contributed by atoms with Crippen LogP contribution < -0.4 is 10.2 Å². The third-order valence-corrected chi connectivity index (χ3v) is 4.96. The maximum atomic E-state index is 12.9. The van der Waals surface area contributed by atoms with Crippen molar-refractivity contribution in [2.75, 3.05) is 25.0 Å². The van der Waals surface area contributed by atoms with Gasteiger partial charge in [-0.2, -0.15) is 18.4 Å². The van der Waals surface area contributed by atoms with E-state index in [1.165, 1.54) is 18.0 Å². The standard InChI is InChI=1S/C21H27F3N4O3/c1-13(27(5)19(30)31-20(2,3)4)18(29)26-16-8-9-28(12-16)17-7-6-15(21(22,23)24)10-14(17)11-25/h6-7,10,13,16H,8-9,12H2,1-5H3,(H,26,29). The number of likely N-dealkylation sites (N-methyl/N-ethyl adjacent to an activating group) is 1. The van der Waals surface area contributed by atoms with E-state index < -0.39 is 29.5 Å². The van der Waals surface area contributed by atoms with Gasteiger partial charge < -0.3 is 15.0 Å². The summed E-state index contributed by atoms with van der Waals surface area (Å²) in [7, 11) is 1.47. The Morgan fingerprint density at radius 3 is 2.52 bits per heavy atom. The molecule has 1 aromatic rings. The molecule has 0 radical (unpaired) electrons. The normalized spacial score (nSPS) is 17.6. The lowest BCUT2D eigenvalue weighted by atomic mass is 10.1. The predicted molar refractivity (Wildman–Crippen MR) is 108 cm³/mol. The first-order valence-corrected chi connectivity index (χ1v) is 9.85. The van der Waals surface area contributed by atoms with Crippen molar-refractivity contribution in [3.05, 3.63) is 29.3 Å². The number of hydrogen-bond acceptors (Lipinski definition) is 5. The highest BCUT2D eigenvalue weighted by atomic mass is 19.4. The monoisotopic (exact) mass is 440 g/mol. The van der Waals surface area contributed by atoms with Gasteiger partial charge in [-0.25, -0.2) is 4.79 Å². The second kappa shape index (κ2) is 9.04. The smallest absolute Gasteiger partial charge is 0.416 e. The number of nitriles is 1. The molecule has 170 valence electrons. The van der Waals surface area contributed by atoms with Gasteiger partial charge in [0.15, 0.2) is 0 Å². The lowest BCUT2D eigenvalue weighted by Gasteiger charge is -2.29. The van der Waals surface area contributed by atoms with E-state index in [2.05, 4.69) is 5.32 Å². The molecule has 1 aliphatic heterocycles. The van der Waals surface area contributed by atoms with Gasteiger partial charge in [0, 0.05) is 26.2 Å². The number of carbonyl (C=O) groups excluding carboxylic acids is 2. The summed E-state index contributed by atoms with van der Waals surface area (Å²) >= 11 is 0. The quantitative estimate of drug-likeness (QED) is 0.774. The Kier molecular flexibility index (Phi) is 7.09. The van der Waals surface area contributed by atoms with Crippen LogP contribution in [0.15, 0.2) is 18.2 Å². The van der Waals surface area contributed by atoms with Crippen LogP contribution in [0.4, 0.5) is 23.7 Å². The Bertz CT molecular complexity index is 874. The van der Waals surface area contributed by atoms with E-state index in [1.807, 2.05) is 6.07 Å². The molecule has 10 heteroatoms. The third-order valence-electron chi connectivity index (χ3n) is 4.96. The van der Waals surface area contributed by atoms with E-state index in [0.717, 1.165) is 12.1 Å². The van der Waals surface area contributed by atoms with Crippen LogP contribution in [0.25, 0.3) is 0 Å². The summed E-state index contributed by atoms with van der Waals surface area (Å²) in [5, 5.41) is 12.1. The van der Waals surface area contributed by atoms with Gasteiger partial charge in [-0.3, -0.25) is 9.69 Å². The summed E-state index contributed by atoms with van der Waals surface area (Å²) in [6.07, 6.45) is -4.59. The molecule has 0 spiro atoms. The number of rotatable bonds is 4. The number of hydrogen-bond donors (Lipinski definition) is 1. The first-order valence-electron chi connectivity index (χ1n) is 9.85. The number of ether oxygens (including phenoxy) is 1. The Balaban J connectivity index is 2.01. The van der Waals surface area contributed by atoms with Crippen molar-refractivity contribution >= 4 is 17.7 Å². The molecular weight excluding hydrogens is 413 g/mol. The van der Waals surface area contributed by atoms with Crippen LogP contribution in [0.3, 0.4) is 0 Å². The number of benzene rings is 1. The molecule has 1 heterocycles. The summed E-state index contributed by atoms with van der Waals surface area (Å²) in [5.41, 5.74) is -1.24. The molecule has 1 fully saturated rings. The number of halogens is 3. The summed E-state index contributed by atoms with van der Waals surface area (Å²) < 4.78 is 44.0. The van der Waals surface area contributed by atoms with Gasteiger partial charge in [0.25, 0.3) is 0 Å². The van der Waals surface area contributed by atoms with Gasteiger partial charge in [-0.05, 0) is 52.3 Å². The van der Waals surface area contributed by atoms with Gasteiger partial charge in [0.05, 0.1) is 16.8 Å². The highest BCUT2D eigenvalue weighted by Gasteiger charge is 2.33. The molecule has 0 aliphatic carbocycles. The van der Waals surface area contributed by atoms with Crippen molar-refractivity contribution < 1.29 is 27.5 Å². The molecule has 1 N–H and O–H groups in total. The van der Waals surface area contributed by atoms with Gasteiger partial charge in [0.2, 0.25) is 5.91 Å². The summed E-state index contributed by atoms with van der Waals surface area (Å²) in [4.78, 5) is 27.7. The van der Waals surface area contributed by atoms with Crippen molar-refractivity contribution in [1.82, 2.24) is 10.2 Å². The molecule has 31 heavy (non-hydrogen) atoms. The second-order valence-electron chi connectivity index (χ2n) is 8.55. The molecule has 2 amide bonds. The zero-order valence-corrected chi connectivity index (χ0v) is 18.2. The molecule has 7 nitrogen and oxygen atoms in total. The van der Waals surface area contributed by atoms with Gasteiger partial charge in [0.1, 0.15) is 17.7 Å². The zero-order chi connectivity index (χ0) is 23.6. The first kappa shape index (κ1) is 24.3. The number of nitrogens with zero attached hydrogens (tertiary/aromatic N) is 3. The van der Waals surface area contributed by atoms with E-state index >= 15 is 0 Å². The fourth-order valence-corrected chi connectivity index (χ4v) is 3.16. The molecule has 2 atom stereocenters. The highest BCUT2D eigenvalue weighted by Crippen LogP contribution is 2.33. The fourth-order valence-electron chi connectivity index (χ4n) is 3.16. The molecular formula is C21H27F3N4O3. The molecule has 0 saturated carbocycles. The van der Waals surface area contributed by atoms with E-state index in [9.17, 15) is 28.0 Å². The maximum absolute atomic E-state index is 12.9. The van der Waals surface area contributed by atoms with Crippen molar-refractivity contribution in [2.45, 2.75) is 58.0 Å². The maximum Gasteiger partial charge on any atom is 0.416 e. The van der Waals surface area contributed by atoms with Crippen molar-refractivity contribution in [1.29, 1.82) is 5.26 Å². The van der Waals surface area contributed by atoms with Gasteiger partial charge in [-0.1, -0.05) is 0 Å². The van der Waals surface area contributed by atoms with Crippen LogP contribution in [0.1, 0.15) is 45.2 Å². The Labute approximate surface area is 179 Å². The van der Waals surface area contributed by atoms with Crippen LogP contribution in [0, 0.1) is 11.3 Å². The predicted octanol–water partition coefficient (Wildman–Crippen LogP) is 3.53. The van der Waals surface area contributed by atoms with Crippen molar-refractivity contribution in [3.63, 3.8) is 0 Å². The lowest BCUT2D eigenvalue weighted by Crippen LogP contribution is -2.50. The average Bonchev–Trinajstić information content (AvgIpc) is 3.12. The molecule has 0 bridgehead atoms. The van der Waals surface area contributed by atoms with Gasteiger partial charge in [-0.15, -0.1) is 0 Å². The Morgan fingerprint density at radius 2 is 1.97 bits per heavy atom. The van der Waals surface area contributed by atoms with Crippen LogP contribution in [-0.4, -0.2) is 54.7 Å². The van der Waals surface area contributed by atoms with Crippen LogP contribution in [0.5, 0.6) is 0 Å². The summed E-state index contributed by atoms with van der Waals surface area (Å²) in [6, 6.07) is 3.84. The number of alkyl halides is 3. The lowest BCUT2D eigenvalue weighted by molar-refractivity contribution is -0.137. The minimum atomic E-state index is -4.53. The van der Waals surface area contributed by atoms with E-state index in [0.29, 0.717) is 25.2 Å². The highest BCUT2D eigenvalue weighted by molar-refractivity contribution is 5.85. The van der Waals surface area contributed by atoms with Crippen LogP contribution >= 0.6 is 0 Å². The van der Waals surface area contributed by atoms with E-state index in [1.54, 1.807) is 32.6 Å². The minimum Gasteiger partial charge on any atom is -0.444 e. The van der Waals surface area contributed by atoms with Gasteiger partial charge >= 0.3 is 12.3 Å². The van der Waals surface area contributed by atoms with E-state index in [-0.39, 0.29) is 17.5 Å². The number of anilines is 1. The molecule has 1 saturated heterocycles.